The van der Waals surface area contributed by atoms with Gasteiger partial charge < -0.3 is 15.7 Å². The molecule has 0 aliphatic carbocycles. The number of piperidine rings is 1. The van der Waals surface area contributed by atoms with E-state index in [9.17, 15) is 4.79 Å². The Hall–Kier alpha value is -0.610. The quantitative estimate of drug-likeness (QED) is 0.734. The van der Waals surface area contributed by atoms with Crippen molar-refractivity contribution in [2.45, 2.75) is 57.5 Å². The van der Waals surface area contributed by atoms with Gasteiger partial charge in [-0.05, 0) is 32.1 Å². The predicted molar refractivity (Wildman–Crippen MR) is 63.9 cm³/mol. The highest BCUT2D eigenvalue weighted by Gasteiger charge is 2.28. The molecular weight excluding hydrogens is 204 g/mol. The first-order chi connectivity index (χ1) is 7.70. The second kappa shape index (κ2) is 6.86. The predicted octanol–water partition coefficient (Wildman–Crippen LogP) is 0.877. The minimum absolute atomic E-state index is 0.0694. The number of carbonyl (C=O) groups excluding carboxylic acids is 1. The molecule has 1 rings (SSSR count). The lowest BCUT2D eigenvalue weighted by atomic mass is 9.98. The SMILES string of the molecule is CCC[C@H](N)C(=O)N1CCCCC1CCO. The van der Waals surface area contributed by atoms with Gasteiger partial charge >= 0.3 is 0 Å². The van der Waals surface area contributed by atoms with Gasteiger partial charge in [-0.1, -0.05) is 13.3 Å². The van der Waals surface area contributed by atoms with Crippen LogP contribution in [0.2, 0.25) is 0 Å². The summed E-state index contributed by atoms with van der Waals surface area (Å²) in [6.07, 6.45) is 5.59. The monoisotopic (exact) mass is 228 g/mol. The number of hydrogen-bond acceptors (Lipinski definition) is 3. The van der Waals surface area contributed by atoms with Crippen molar-refractivity contribution in [2.24, 2.45) is 5.73 Å². The number of nitrogens with zero attached hydrogens (tertiary/aromatic N) is 1. The Balaban J connectivity index is 2.56. The van der Waals surface area contributed by atoms with Crippen molar-refractivity contribution in [3.8, 4) is 0 Å². The Bertz CT molecular complexity index is 219. The van der Waals surface area contributed by atoms with Gasteiger partial charge in [-0.15, -0.1) is 0 Å². The van der Waals surface area contributed by atoms with Gasteiger partial charge in [0.2, 0.25) is 5.91 Å². The van der Waals surface area contributed by atoms with Crippen molar-refractivity contribution in [3.05, 3.63) is 0 Å². The first-order valence-corrected chi connectivity index (χ1v) is 6.37. The third-order valence-electron chi connectivity index (χ3n) is 3.29. The number of aliphatic hydroxyl groups excluding tert-OH is 1. The Kier molecular flexibility index (Phi) is 5.77. The molecule has 0 aromatic heterocycles. The molecule has 0 aromatic carbocycles. The van der Waals surface area contributed by atoms with E-state index >= 15 is 0 Å². The minimum atomic E-state index is -0.357. The van der Waals surface area contributed by atoms with Gasteiger partial charge in [-0.2, -0.15) is 0 Å². The number of carbonyl (C=O) groups is 1. The highest BCUT2D eigenvalue weighted by molar-refractivity contribution is 5.82. The molecule has 0 saturated carbocycles. The molecule has 1 aliphatic heterocycles. The summed E-state index contributed by atoms with van der Waals surface area (Å²) in [6, 6.07) is -0.154. The fraction of sp³-hybridized carbons (Fsp3) is 0.917. The Morgan fingerprint density at radius 2 is 2.31 bits per heavy atom. The molecule has 0 radical (unpaired) electrons. The zero-order valence-electron chi connectivity index (χ0n) is 10.2. The van der Waals surface area contributed by atoms with Crippen LogP contribution in [0.5, 0.6) is 0 Å². The van der Waals surface area contributed by atoms with E-state index in [2.05, 4.69) is 0 Å². The highest BCUT2D eigenvalue weighted by Crippen LogP contribution is 2.20. The van der Waals surface area contributed by atoms with Crippen molar-refractivity contribution in [2.75, 3.05) is 13.2 Å². The van der Waals surface area contributed by atoms with Crippen LogP contribution in [0.1, 0.15) is 45.4 Å². The van der Waals surface area contributed by atoms with Crippen LogP contribution >= 0.6 is 0 Å². The highest BCUT2D eigenvalue weighted by atomic mass is 16.3. The van der Waals surface area contributed by atoms with Crippen LogP contribution < -0.4 is 5.73 Å². The van der Waals surface area contributed by atoms with Crippen LogP contribution in [0.4, 0.5) is 0 Å². The van der Waals surface area contributed by atoms with E-state index in [0.717, 1.165) is 38.6 Å². The van der Waals surface area contributed by atoms with Gasteiger partial charge in [0.1, 0.15) is 0 Å². The topological polar surface area (TPSA) is 66.6 Å². The summed E-state index contributed by atoms with van der Waals surface area (Å²) in [7, 11) is 0. The average molecular weight is 228 g/mol. The molecule has 0 bridgehead atoms. The molecular formula is C12H24N2O2. The number of hydrogen-bond donors (Lipinski definition) is 2. The van der Waals surface area contributed by atoms with Crippen LogP contribution in [0.25, 0.3) is 0 Å². The fourth-order valence-corrected chi connectivity index (χ4v) is 2.39. The van der Waals surface area contributed by atoms with E-state index in [1.165, 1.54) is 0 Å². The maximum absolute atomic E-state index is 12.1. The summed E-state index contributed by atoms with van der Waals surface area (Å²) in [5, 5.41) is 8.99. The molecule has 0 spiro atoms. The van der Waals surface area contributed by atoms with Crippen molar-refractivity contribution >= 4 is 5.91 Å². The van der Waals surface area contributed by atoms with E-state index in [1.54, 1.807) is 0 Å². The van der Waals surface area contributed by atoms with Crippen molar-refractivity contribution < 1.29 is 9.90 Å². The number of rotatable bonds is 5. The summed E-state index contributed by atoms with van der Waals surface area (Å²) in [6.45, 7) is 2.99. The van der Waals surface area contributed by atoms with E-state index < -0.39 is 0 Å². The summed E-state index contributed by atoms with van der Waals surface area (Å²) in [5.74, 6) is 0.0694. The molecule has 1 aliphatic rings. The van der Waals surface area contributed by atoms with Crippen LogP contribution in [-0.4, -0.2) is 41.1 Å². The largest absolute Gasteiger partial charge is 0.396 e. The third-order valence-corrected chi connectivity index (χ3v) is 3.29. The van der Waals surface area contributed by atoms with Gasteiger partial charge in [0.15, 0.2) is 0 Å². The van der Waals surface area contributed by atoms with Gasteiger partial charge in [0.05, 0.1) is 6.04 Å². The molecule has 94 valence electrons. The first kappa shape index (κ1) is 13.5. The second-order valence-electron chi connectivity index (χ2n) is 4.59. The Morgan fingerprint density at radius 3 is 2.94 bits per heavy atom. The molecule has 4 heteroatoms. The third kappa shape index (κ3) is 3.46. The van der Waals surface area contributed by atoms with E-state index in [4.69, 9.17) is 10.8 Å². The number of nitrogens with two attached hydrogens (primary N) is 1. The molecule has 3 N–H and O–H groups in total. The molecule has 0 aromatic rings. The zero-order valence-corrected chi connectivity index (χ0v) is 10.2. The normalized spacial score (nSPS) is 23.2. The van der Waals surface area contributed by atoms with E-state index in [0.29, 0.717) is 6.42 Å². The summed E-state index contributed by atoms with van der Waals surface area (Å²) < 4.78 is 0. The summed E-state index contributed by atoms with van der Waals surface area (Å²) in [4.78, 5) is 14.0. The van der Waals surface area contributed by atoms with E-state index in [1.807, 2.05) is 11.8 Å². The standard InChI is InChI=1S/C12H24N2O2/c1-2-5-11(13)12(16)14-8-4-3-6-10(14)7-9-15/h10-11,15H,2-9,13H2,1H3/t10?,11-/m0/s1. The van der Waals surface area contributed by atoms with Crippen LogP contribution in [-0.2, 0) is 4.79 Å². The summed E-state index contributed by atoms with van der Waals surface area (Å²) in [5.41, 5.74) is 5.86. The van der Waals surface area contributed by atoms with Crippen molar-refractivity contribution in [3.63, 3.8) is 0 Å². The summed E-state index contributed by atoms with van der Waals surface area (Å²) >= 11 is 0. The maximum atomic E-state index is 12.1. The molecule has 1 saturated heterocycles. The van der Waals surface area contributed by atoms with Crippen LogP contribution in [0.15, 0.2) is 0 Å². The van der Waals surface area contributed by atoms with E-state index in [-0.39, 0.29) is 24.6 Å². The number of amides is 1. The second-order valence-corrected chi connectivity index (χ2v) is 4.59. The molecule has 1 heterocycles. The zero-order chi connectivity index (χ0) is 12.0. The van der Waals surface area contributed by atoms with Gasteiger partial charge in [0.25, 0.3) is 0 Å². The number of aliphatic hydroxyl groups is 1. The van der Waals surface area contributed by atoms with Gasteiger partial charge in [0, 0.05) is 19.2 Å². The van der Waals surface area contributed by atoms with Crippen LogP contribution in [0, 0.1) is 0 Å². The maximum Gasteiger partial charge on any atom is 0.239 e. The molecule has 16 heavy (non-hydrogen) atoms. The lowest BCUT2D eigenvalue weighted by Gasteiger charge is -2.37. The molecule has 1 amide bonds. The number of likely N-dealkylation sites (tertiary alicyclic amines) is 1. The Morgan fingerprint density at radius 1 is 1.56 bits per heavy atom. The van der Waals surface area contributed by atoms with Gasteiger partial charge in [-0.3, -0.25) is 4.79 Å². The lowest BCUT2D eigenvalue weighted by molar-refractivity contribution is -0.136. The first-order valence-electron chi connectivity index (χ1n) is 6.37. The van der Waals surface area contributed by atoms with Gasteiger partial charge in [-0.25, -0.2) is 0 Å². The average Bonchev–Trinajstić information content (AvgIpc) is 2.29. The molecule has 2 atom stereocenters. The van der Waals surface area contributed by atoms with Crippen molar-refractivity contribution in [1.82, 2.24) is 4.90 Å². The Labute approximate surface area is 97.8 Å². The minimum Gasteiger partial charge on any atom is -0.396 e. The van der Waals surface area contributed by atoms with Crippen LogP contribution in [0.3, 0.4) is 0 Å². The molecule has 1 unspecified atom stereocenters. The lowest BCUT2D eigenvalue weighted by Crippen LogP contribution is -2.51. The molecule has 4 nitrogen and oxygen atoms in total. The molecule has 1 fully saturated rings. The fourth-order valence-electron chi connectivity index (χ4n) is 2.39. The smallest absolute Gasteiger partial charge is 0.239 e. The van der Waals surface area contributed by atoms with Crippen molar-refractivity contribution in [1.29, 1.82) is 0 Å².